The summed E-state index contributed by atoms with van der Waals surface area (Å²) in [5.41, 5.74) is 2.07. The van der Waals surface area contributed by atoms with E-state index in [9.17, 15) is 9.59 Å². The smallest absolute Gasteiger partial charge is 0.248 e. The molecular weight excluding hydrogens is 542 g/mol. The third-order valence-corrected chi connectivity index (χ3v) is 6.75. The van der Waals surface area contributed by atoms with Gasteiger partial charge in [-0.25, -0.2) is 0 Å². The van der Waals surface area contributed by atoms with Crippen LogP contribution >= 0.6 is 27.5 Å². The molecule has 1 aliphatic rings. The molecule has 36 heavy (non-hydrogen) atoms. The lowest BCUT2D eigenvalue weighted by Gasteiger charge is -2.39. The number of nitrogens with one attached hydrogen (secondary N) is 1. The van der Waals surface area contributed by atoms with E-state index in [0.717, 1.165) is 21.5 Å². The Morgan fingerprint density at radius 1 is 1.00 bits per heavy atom. The van der Waals surface area contributed by atoms with Gasteiger partial charge in [0.15, 0.2) is 0 Å². The van der Waals surface area contributed by atoms with Crippen molar-refractivity contribution in [3.8, 4) is 11.3 Å². The number of nitrogens with zero attached hydrogens (tertiary/aromatic N) is 2. The van der Waals surface area contributed by atoms with Gasteiger partial charge in [-0.15, -0.1) is 0 Å². The van der Waals surface area contributed by atoms with Crippen molar-refractivity contribution in [1.82, 2.24) is 4.90 Å². The molecule has 1 aromatic heterocycles. The summed E-state index contributed by atoms with van der Waals surface area (Å²) in [6, 6.07) is 17.0. The number of piperazine rings is 1. The van der Waals surface area contributed by atoms with Gasteiger partial charge >= 0.3 is 0 Å². The first-order valence-corrected chi connectivity index (χ1v) is 13.0. The zero-order valence-corrected chi connectivity index (χ0v) is 22.9. The number of halogens is 2. The van der Waals surface area contributed by atoms with Crippen molar-refractivity contribution in [2.45, 2.75) is 20.8 Å². The topological polar surface area (TPSA) is 65.8 Å². The summed E-state index contributed by atoms with van der Waals surface area (Å²) in [4.78, 5) is 29.0. The first-order valence-electron chi connectivity index (χ1n) is 11.8. The average Bonchev–Trinajstić information content (AvgIpc) is 3.32. The number of hydrogen-bond acceptors (Lipinski definition) is 4. The van der Waals surface area contributed by atoms with Crippen LogP contribution in [0.15, 0.2) is 69.6 Å². The summed E-state index contributed by atoms with van der Waals surface area (Å²) >= 11 is 9.97. The van der Waals surface area contributed by atoms with E-state index in [2.05, 4.69) is 26.1 Å². The van der Waals surface area contributed by atoms with Gasteiger partial charge in [0.05, 0.1) is 10.7 Å². The normalized spacial score (nSPS) is 14.4. The molecule has 0 saturated carbocycles. The summed E-state index contributed by atoms with van der Waals surface area (Å²) in [6.45, 7) is 8.56. The zero-order chi connectivity index (χ0) is 25.9. The average molecular weight is 571 g/mol. The molecule has 0 radical (unpaired) electrons. The highest BCUT2D eigenvalue weighted by molar-refractivity contribution is 9.10. The van der Waals surface area contributed by atoms with Gasteiger partial charge < -0.3 is 19.5 Å². The number of benzene rings is 2. The van der Waals surface area contributed by atoms with Crippen LogP contribution in [0.5, 0.6) is 0 Å². The highest BCUT2D eigenvalue weighted by atomic mass is 79.9. The lowest BCUT2D eigenvalue weighted by atomic mass is 9.94. The second-order valence-corrected chi connectivity index (χ2v) is 11.0. The molecule has 0 aliphatic carbocycles. The van der Waals surface area contributed by atoms with Gasteiger partial charge in [-0.1, -0.05) is 60.4 Å². The van der Waals surface area contributed by atoms with Crippen LogP contribution in [0, 0.1) is 5.41 Å². The van der Waals surface area contributed by atoms with E-state index in [1.165, 1.54) is 6.08 Å². The quantitative estimate of drug-likeness (QED) is 0.346. The minimum absolute atomic E-state index is 0.165. The second kappa shape index (κ2) is 10.9. The maximum atomic E-state index is 12.5. The Labute approximate surface area is 225 Å². The summed E-state index contributed by atoms with van der Waals surface area (Å²) < 4.78 is 6.82. The third-order valence-electron chi connectivity index (χ3n) is 5.92. The lowest BCUT2D eigenvalue weighted by molar-refractivity contribution is -0.139. The monoisotopic (exact) mass is 569 g/mol. The van der Waals surface area contributed by atoms with E-state index < -0.39 is 0 Å². The molecule has 1 fully saturated rings. The SMILES string of the molecule is CC(C)(C)C(=O)N1CCN(c2ccc(NC(=O)/C=C/c3ccc(-c4ccc(Br)cc4)o3)cc2Cl)CC1. The maximum Gasteiger partial charge on any atom is 0.248 e. The number of rotatable bonds is 5. The van der Waals surface area contributed by atoms with Crippen molar-refractivity contribution in [1.29, 1.82) is 0 Å². The van der Waals surface area contributed by atoms with Gasteiger partial charge in [0, 0.05) is 53.4 Å². The third kappa shape index (κ3) is 6.39. The van der Waals surface area contributed by atoms with Crippen molar-refractivity contribution >= 4 is 56.8 Å². The van der Waals surface area contributed by atoms with Gasteiger partial charge in [0.25, 0.3) is 0 Å². The number of furan rings is 1. The fourth-order valence-electron chi connectivity index (χ4n) is 4.02. The maximum absolute atomic E-state index is 12.5. The van der Waals surface area contributed by atoms with Crippen LogP contribution in [-0.2, 0) is 9.59 Å². The lowest BCUT2D eigenvalue weighted by Crippen LogP contribution is -2.51. The Hall–Kier alpha value is -3.03. The Kier molecular flexibility index (Phi) is 7.91. The minimum atomic E-state index is -0.382. The number of amides is 2. The molecule has 8 heteroatoms. The predicted octanol–water partition coefficient (Wildman–Crippen LogP) is 6.71. The van der Waals surface area contributed by atoms with Crippen molar-refractivity contribution in [2.24, 2.45) is 5.41 Å². The van der Waals surface area contributed by atoms with Crippen LogP contribution in [0.1, 0.15) is 26.5 Å². The number of anilines is 2. The number of carbonyl (C=O) groups excluding carboxylic acids is 2. The van der Waals surface area contributed by atoms with E-state index in [1.54, 1.807) is 12.1 Å². The highest BCUT2D eigenvalue weighted by Gasteiger charge is 2.30. The molecule has 0 unspecified atom stereocenters. The van der Waals surface area contributed by atoms with Crippen LogP contribution in [0.2, 0.25) is 5.02 Å². The van der Waals surface area contributed by atoms with Crippen molar-refractivity contribution in [3.63, 3.8) is 0 Å². The van der Waals surface area contributed by atoms with Gasteiger partial charge in [-0.3, -0.25) is 9.59 Å². The fraction of sp³-hybridized carbons (Fsp3) is 0.286. The Morgan fingerprint density at radius 3 is 2.33 bits per heavy atom. The summed E-state index contributed by atoms with van der Waals surface area (Å²) in [5.74, 6) is 1.20. The molecular formula is C28H29BrClN3O3. The Morgan fingerprint density at radius 2 is 1.69 bits per heavy atom. The van der Waals surface area contributed by atoms with E-state index >= 15 is 0 Å². The largest absolute Gasteiger partial charge is 0.457 e. The molecule has 2 amide bonds. The van der Waals surface area contributed by atoms with Crippen molar-refractivity contribution in [3.05, 3.63) is 75.9 Å². The van der Waals surface area contributed by atoms with Gasteiger partial charge in [0.2, 0.25) is 11.8 Å². The standard InChI is InChI=1S/C28H29BrClN3O3/c1-28(2,3)27(35)33-16-14-32(15-17-33)24-11-8-21(18-23(24)30)31-26(34)13-10-22-9-12-25(36-22)19-4-6-20(29)7-5-19/h4-13,18H,14-17H2,1-3H3,(H,31,34)/b13-10+. The zero-order valence-electron chi connectivity index (χ0n) is 20.6. The molecule has 2 aromatic carbocycles. The van der Waals surface area contributed by atoms with Crippen molar-refractivity contribution < 1.29 is 14.0 Å². The first-order chi connectivity index (χ1) is 17.1. The van der Waals surface area contributed by atoms with Crippen molar-refractivity contribution in [2.75, 3.05) is 36.4 Å². The molecule has 6 nitrogen and oxygen atoms in total. The highest BCUT2D eigenvalue weighted by Crippen LogP contribution is 2.30. The predicted molar refractivity (Wildman–Crippen MR) is 149 cm³/mol. The van der Waals surface area contributed by atoms with E-state index in [1.807, 2.05) is 74.2 Å². The summed E-state index contributed by atoms with van der Waals surface area (Å²) in [5, 5.41) is 3.39. The van der Waals surface area contributed by atoms with Gasteiger partial charge in [-0.2, -0.15) is 0 Å². The molecule has 2 heterocycles. The van der Waals surface area contributed by atoms with Crippen LogP contribution in [-0.4, -0.2) is 42.9 Å². The van der Waals surface area contributed by atoms with E-state index in [-0.39, 0.29) is 17.2 Å². The Bertz CT molecular complexity index is 1270. The second-order valence-electron chi connectivity index (χ2n) is 9.73. The van der Waals surface area contributed by atoms with Crippen LogP contribution < -0.4 is 10.2 Å². The van der Waals surface area contributed by atoms with Crippen LogP contribution in [0.3, 0.4) is 0 Å². The molecule has 0 bridgehead atoms. The molecule has 0 spiro atoms. The summed E-state index contributed by atoms with van der Waals surface area (Å²) in [6.07, 6.45) is 3.06. The number of hydrogen-bond donors (Lipinski definition) is 1. The fourth-order valence-corrected chi connectivity index (χ4v) is 4.58. The molecule has 1 aliphatic heterocycles. The first kappa shape index (κ1) is 26.0. The number of carbonyl (C=O) groups is 2. The Balaban J connectivity index is 1.33. The van der Waals surface area contributed by atoms with Gasteiger partial charge in [-0.05, 0) is 48.5 Å². The van der Waals surface area contributed by atoms with Gasteiger partial charge in [0.1, 0.15) is 11.5 Å². The van der Waals surface area contributed by atoms with Crippen LogP contribution in [0.4, 0.5) is 11.4 Å². The molecule has 0 atom stereocenters. The summed E-state index contributed by atoms with van der Waals surface area (Å²) in [7, 11) is 0. The molecule has 188 valence electrons. The van der Waals surface area contributed by atoms with Crippen LogP contribution in [0.25, 0.3) is 17.4 Å². The molecule has 1 N–H and O–H groups in total. The molecule has 3 aromatic rings. The molecule has 4 rings (SSSR count). The van der Waals surface area contributed by atoms with E-state index in [4.69, 9.17) is 16.0 Å². The molecule has 1 saturated heterocycles. The minimum Gasteiger partial charge on any atom is -0.457 e. The van der Waals surface area contributed by atoms with E-state index in [0.29, 0.717) is 42.6 Å².